The van der Waals surface area contributed by atoms with E-state index >= 15 is 0 Å². The quantitative estimate of drug-likeness (QED) is 0.793. The van der Waals surface area contributed by atoms with Crippen molar-refractivity contribution >= 4 is 11.6 Å². The fourth-order valence-electron chi connectivity index (χ4n) is 3.23. The van der Waals surface area contributed by atoms with Gasteiger partial charge in [0, 0.05) is 11.9 Å². The summed E-state index contributed by atoms with van der Waals surface area (Å²) in [7, 11) is 0. The van der Waals surface area contributed by atoms with E-state index in [2.05, 4.69) is 15.3 Å². The van der Waals surface area contributed by atoms with Gasteiger partial charge in [-0.3, -0.25) is 14.2 Å². The molecule has 1 amide bonds. The molecule has 3 heterocycles. The van der Waals surface area contributed by atoms with Crippen molar-refractivity contribution in [3.05, 3.63) is 65.1 Å². The normalized spacial score (nSPS) is 15.3. The van der Waals surface area contributed by atoms with Crippen LogP contribution in [0, 0.1) is 25.7 Å². The zero-order valence-corrected chi connectivity index (χ0v) is 14.2. The van der Waals surface area contributed by atoms with Gasteiger partial charge < -0.3 is 5.32 Å². The molecule has 1 atom stereocenters. The van der Waals surface area contributed by atoms with Crippen molar-refractivity contribution < 1.29 is 9.18 Å². The topological polar surface area (TPSA) is 59.3 Å². The zero-order chi connectivity index (χ0) is 17.6. The van der Waals surface area contributed by atoms with E-state index in [9.17, 15) is 9.18 Å². The van der Waals surface area contributed by atoms with Crippen molar-refractivity contribution in [3.63, 3.8) is 0 Å². The van der Waals surface area contributed by atoms with E-state index in [0.29, 0.717) is 17.3 Å². The maximum atomic E-state index is 14.7. The van der Waals surface area contributed by atoms with Gasteiger partial charge in [-0.05, 0) is 56.4 Å². The van der Waals surface area contributed by atoms with E-state index in [-0.39, 0.29) is 11.7 Å². The van der Waals surface area contributed by atoms with Crippen molar-refractivity contribution in [2.45, 2.75) is 32.7 Å². The molecule has 0 spiro atoms. The Bertz CT molecular complexity index is 961. The molecule has 0 radical (unpaired) electrons. The summed E-state index contributed by atoms with van der Waals surface area (Å²) in [5.74, 6) is -0.778. The van der Waals surface area contributed by atoms with Gasteiger partial charge >= 0.3 is 0 Å². The minimum absolute atomic E-state index is 0.173. The Hall–Kier alpha value is -2.76. The van der Waals surface area contributed by atoms with Gasteiger partial charge in [-0.25, -0.2) is 4.98 Å². The highest BCUT2D eigenvalue weighted by atomic mass is 19.1. The molecule has 128 valence electrons. The summed E-state index contributed by atoms with van der Waals surface area (Å²) in [6.07, 6.45) is 3.79. The molecule has 0 saturated heterocycles. The van der Waals surface area contributed by atoms with E-state index in [1.807, 2.05) is 19.1 Å². The summed E-state index contributed by atoms with van der Waals surface area (Å²) in [5, 5.41) is 2.96. The average Bonchev–Trinajstić information content (AvgIpc) is 3.37. The molecule has 6 heteroatoms. The minimum Gasteiger partial charge on any atom is -0.342 e. The Morgan fingerprint density at radius 1 is 1.28 bits per heavy atom. The zero-order valence-electron chi connectivity index (χ0n) is 14.2. The summed E-state index contributed by atoms with van der Waals surface area (Å²) in [6.45, 7) is 3.75. The first-order chi connectivity index (χ1) is 12.1. The number of nitrogens with one attached hydrogen (secondary N) is 1. The van der Waals surface area contributed by atoms with Gasteiger partial charge in [0.2, 0.25) is 5.95 Å². The highest BCUT2D eigenvalue weighted by molar-refractivity contribution is 5.93. The van der Waals surface area contributed by atoms with Gasteiger partial charge in [0.15, 0.2) is 5.69 Å². The van der Waals surface area contributed by atoms with Crippen LogP contribution in [-0.2, 0) is 0 Å². The van der Waals surface area contributed by atoms with Crippen LogP contribution < -0.4 is 5.32 Å². The number of carbonyl (C=O) groups is 1. The number of imidazole rings is 1. The molecule has 1 aliphatic carbocycles. The van der Waals surface area contributed by atoms with Crippen LogP contribution in [0.4, 0.5) is 4.39 Å². The SMILES string of the molecule is Cc1cccnc1[C@@H](NC(=O)c1nc2cccc(C)n2c1F)C1CC1. The van der Waals surface area contributed by atoms with Crippen LogP contribution in [0.1, 0.15) is 46.3 Å². The van der Waals surface area contributed by atoms with Gasteiger partial charge in [-0.2, -0.15) is 4.39 Å². The molecule has 25 heavy (non-hydrogen) atoms. The number of rotatable bonds is 4. The van der Waals surface area contributed by atoms with E-state index in [0.717, 1.165) is 24.1 Å². The van der Waals surface area contributed by atoms with Crippen LogP contribution in [0.15, 0.2) is 36.5 Å². The number of aromatic nitrogens is 3. The van der Waals surface area contributed by atoms with E-state index in [4.69, 9.17) is 0 Å². The van der Waals surface area contributed by atoms with E-state index in [1.165, 1.54) is 4.40 Å². The predicted octanol–water partition coefficient (Wildman–Crippen LogP) is 3.37. The molecule has 0 aromatic carbocycles. The molecular weight excluding hydrogens is 319 g/mol. The third-order valence-electron chi connectivity index (χ3n) is 4.72. The van der Waals surface area contributed by atoms with E-state index in [1.54, 1.807) is 31.3 Å². The second kappa shape index (κ2) is 5.95. The predicted molar refractivity (Wildman–Crippen MR) is 91.8 cm³/mol. The molecule has 0 aliphatic heterocycles. The number of fused-ring (bicyclic) bond motifs is 1. The Morgan fingerprint density at radius 2 is 2.08 bits per heavy atom. The lowest BCUT2D eigenvalue weighted by molar-refractivity contribution is 0.0921. The van der Waals surface area contributed by atoms with Crippen LogP contribution in [0.2, 0.25) is 0 Å². The number of pyridine rings is 2. The van der Waals surface area contributed by atoms with Crippen LogP contribution in [0.25, 0.3) is 5.65 Å². The number of aryl methyl sites for hydroxylation is 2. The number of nitrogens with zero attached hydrogens (tertiary/aromatic N) is 3. The second-order valence-electron chi connectivity index (χ2n) is 6.61. The Balaban J connectivity index is 1.68. The maximum absolute atomic E-state index is 14.7. The van der Waals surface area contributed by atoms with Crippen molar-refractivity contribution in [2.75, 3.05) is 0 Å². The van der Waals surface area contributed by atoms with Gasteiger partial charge in [-0.15, -0.1) is 0 Å². The maximum Gasteiger partial charge on any atom is 0.275 e. The molecule has 5 nitrogen and oxygen atoms in total. The average molecular weight is 338 g/mol. The first-order valence-corrected chi connectivity index (χ1v) is 8.42. The molecule has 0 unspecified atom stereocenters. The largest absolute Gasteiger partial charge is 0.342 e. The summed E-state index contributed by atoms with van der Waals surface area (Å²) in [5.41, 5.74) is 2.82. The van der Waals surface area contributed by atoms with Crippen LogP contribution in [0.3, 0.4) is 0 Å². The van der Waals surface area contributed by atoms with Crippen molar-refractivity contribution in [2.24, 2.45) is 5.92 Å². The number of halogens is 1. The van der Waals surface area contributed by atoms with Crippen LogP contribution in [-0.4, -0.2) is 20.3 Å². The first-order valence-electron chi connectivity index (χ1n) is 8.42. The highest BCUT2D eigenvalue weighted by Crippen LogP contribution is 2.41. The number of carbonyl (C=O) groups excluding carboxylic acids is 1. The monoisotopic (exact) mass is 338 g/mol. The molecule has 1 fully saturated rings. The Kier molecular flexibility index (Phi) is 3.75. The molecule has 3 aromatic heterocycles. The third-order valence-corrected chi connectivity index (χ3v) is 4.72. The molecular formula is C19H19FN4O. The number of amides is 1. The highest BCUT2D eigenvalue weighted by Gasteiger charge is 2.36. The molecule has 0 bridgehead atoms. The standard InChI is InChI=1S/C19H19FN4O/c1-11-5-4-10-21-15(11)16(13-8-9-13)23-19(25)17-18(20)24-12(2)6-3-7-14(24)22-17/h3-7,10,13,16H,8-9H2,1-2H3,(H,23,25)/t16-/m0/s1. The first kappa shape index (κ1) is 15.7. The fourth-order valence-corrected chi connectivity index (χ4v) is 3.23. The van der Waals surface area contributed by atoms with Crippen molar-refractivity contribution in [3.8, 4) is 0 Å². The van der Waals surface area contributed by atoms with Crippen LogP contribution in [0.5, 0.6) is 0 Å². The van der Waals surface area contributed by atoms with E-state index < -0.39 is 11.9 Å². The van der Waals surface area contributed by atoms with Gasteiger partial charge in [-0.1, -0.05) is 12.1 Å². The summed E-state index contributed by atoms with van der Waals surface area (Å²) in [4.78, 5) is 21.3. The van der Waals surface area contributed by atoms with Crippen molar-refractivity contribution in [1.29, 1.82) is 0 Å². The fraction of sp³-hybridized carbons (Fsp3) is 0.316. The molecule has 1 aliphatic rings. The summed E-state index contributed by atoms with van der Waals surface area (Å²) in [6, 6.07) is 8.90. The Morgan fingerprint density at radius 3 is 2.76 bits per heavy atom. The lowest BCUT2D eigenvalue weighted by Gasteiger charge is -2.19. The minimum atomic E-state index is -0.627. The van der Waals surface area contributed by atoms with Gasteiger partial charge in [0.1, 0.15) is 5.65 Å². The molecule has 4 rings (SSSR count). The summed E-state index contributed by atoms with van der Waals surface area (Å²) >= 11 is 0. The number of hydrogen-bond acceptors (Lipinski definition) is 3. The van der Waals surface area contributed by atoms with Gasteiger partial charge in [0.05, 0.1) is 11.7 Å². The lowest BCUT2D eigenvalue weighted by atomic mass is 10.0. The second-order valence-corrected chi connectivity index (χ2v) is 6.61. The van der Waals surface area contributed by atoms with Crippen LogP contribution >= 0.6 is 0 Å². The molecule has 1 saturated carbocycles. The summed E-state index contributed by atoms with van der Waals surface area (Å²) < 4.78 is 16.1. The Labute approximate surface area is 144 Å². The smallest absolute Gasteiger partial charge is 0.275 e. The molecule has 3 aromatic rings. The molecule has 1 N–H and O–H groups in total. The number of hydrogen-bond donors (Lipinski definition) is 1. The third kappa shape index (κ3) is 2.77. The lowest BCUT2D eigenvalue weighted by Crippen LogP contribution is -2.31. The van der Waals surface area contributed by atoms with Gasteiger partial charge in [0.25, 0.3) is 5.91 Å². The van der Waals surface area contributed by atoms with Crippen molar-refractivity contribution in [1.82, 2.24) is 19.7 Å².